The van der Waals surface area contributed by atoms with Gasteiger partial charge < -0.3 is 14.4 Å². The average Bonchev–Trinajstić information content (AvgIpc) is 3.70. The number of carboxylic acid groups (broad SMARTS) is 1. The number of epoxide rings is 1. The minimum Gasteiger partial charge on any atom is -0.478 e. The number of aryl methyl sites for hydroxylation is 1. The Bertz CT molecular complexity index is 1670. The topological polar surface area (TPSA) is 66.8 Å². The summed E-state index contributed by atoms with van der Waals surface area (Å²) < 4.78 is 9.41. The predicted octanol–water partition coefficient (Wildman–Crippen LogP) is 7.62. The number of hydrogen-bond donors (Lipinski definition) is 2. The first-order valence-electron chi connectivity index (χ1n) is 13.0. The molecule has 39 heavy (non-hydrogen) atoms. The molecule has 0 bridgehead atoms. The highest BCUT2D eigenvalue weighted by Crippen LogP contribution is 2.39. The van der Waals surface area contributed by atoms with Crippen molar-refractivity contribution in [2.24, 2.45) is 0 Å². The summed E-state index contributed by atoms with van der Waals surface area (Å²) in [5.74, 6) is -0.915. The second-order valence-electron chi connectivity index (χ2n) is 10.1. The first-order chi connectivity index (χ1) is 18.9. The number of hydrogen-bond acceptors (Lipinski definition) is 3. The molecule has 2 unspecified atom stereocenters. The number of carbonyl (C=O) groups is 1. The Morgan fingerprint density at radius 1 is 0.949 bits per heavy atom. The van der Waals surface area contributed by atoms with E-state index in [1.807, 2.05) is 24.3 Å². The molecule has 1 aliphatic heterocycles. The average molecular weight is 582 g/mol. The lowest BCUT2D eigenvalue weighted by Crippen LogP contribution is -2.17. The lowest BCUT2D eigenvalue weighted by atomic mass is 9.99. The molecular formula is C33H29BrN2O3. The highest BCUT2D eigenvalue weighted by atomic mass is 79.9. The van der Waals surface area contributed by atoms with Gasteiger partial charge >= 0.3 is 5.97 Å². The minimum atomic E-state index is -0.915. The highest BCUT2D eigenvalue weighted by Gasteiger charge is 2.40. The van der Waals surface area contributed by atoms with E-state index in [4.69, 9.17) is 4.74 Å². The number of aromatic nitrogens is 1. The Kier molecular flexibility index (Phi) is 6.85. The van der Waals surface area contributed by atoms with Gasteiger partial charge in [-0.05, 0) is 77.6 Å². The monoisotopic (exact) mass is 580 g/mol. The molecule has 2 atom stereocenters. The Balaban J connectivity index is 1.19. The number of benzene rings is 4. The van der Waals surface area contributed by atoms with Crippen LogP contribution in [0.4, 0.5) is 0 Å². The molecule has 0 saturated carbocycles. The zero-order valence-corrected chi connectivity index (χ0v) is 23.4. The molecule has 1 saturated heterocycles. The van der Waals surface area contributed by atoms with E-state index in [0.717, 1.165) is 28.7 Å². The van der Waals surface area contributed by atoms with Gasteiger partial charge in [0.25, 0.3) is 0 Å². The van der Waals surface area contributed by atoms with Gasteiger partial charge in [-0.3, -0.25) is 5.32 Å². The Hall–Kier alpha value is -3.71. The van der Waals surface area contributed by atoms with E-state index in [9.17, 15) is 9.90 Å². The summed E-state index contributed by atoms with van der Waals surface area (Å²) in [6.45, 7) is 5.86. The maximum absolute atomic E-state index is 11.6. The summed E-state index contributed by atoms with van der Waals surface area (Å²) in [7, 11) is 0. The third-order valence-corrected chi connectivity index (χ3v) is 8.20. The zero-order chi connectivity index (χ0) is 27.1. The third kappa shape index (κ3) is 5.15. The highest BCUT2D eigenvalue weighted by molar-refractivity contribution is 9.10. The van der Waals surface area contributed by atoms with Crippen LogP contribution in [0.1, 0.15) is 44.4 Å². The summed E-state index contributed by atoms with van der Waals surface area (Å²) in [6, 6.07) is 30.3. The maximum atomic E-state index is 11.6. The lowest BCUT2D eigenvalue weighted by Gasteiger charge is -2.11. The molecule has 6 rings (SSSR count). The molecule has 2 heterocycles. The van der Waals surface area contributed by atoms with Crippen LogP contribution in [0.15, 0.2) is 95.5 Å². The van der Waals surface area contributed by atoms with Gasteiger partial charge in [0.1, 0.15) is 12.3 Å². The zero-order valence-electron chi connectivity index (χ0n) is 21.8. The summed E-state index contributed by atoms with van der Waals surface area (Å²) in [5, 5.41) is 14.3. The van der Waals surface area contributed by atoms with Crippen LogP contribution in [0, 0.1) is 13.8 Å². The molecule has 0 spiro atoms. The van der Waals surface area contributed by atoms with Gasteiger partial charge in [-0.25, -0.2) is 4.79 Å². The van der Waals surface area contributed by atoms with Crippen molar-refractivity contribution in [3.05, 3.63) is 129 Å². The second-order valence-corrected chi connectivity index (χ2v) is 11.0. The van der Waals surface area contributed by atoms with Crippen molar-refractivity contribution >= 4 is 32.8 Å². The summed E-state index contributed by atoms with van der Waals surface area (Å²) in [6.07, 6.45) is 0.0912. The van der Waals surface area contributed by atoms with Crippen LogP contribution in [-0.2, 0) is 17.8 Å². The van der Waals surface area contributed by atoms with Crippen molar-refractivity contribution in [2.75, 3.05) is 0 Å². The molecule has 5 aromatic rings. The van der Waals surface area contributed by atoms with Crippen LogP contribution >= 0.6 is 15.9 Å². The number of aromatic carboxylic acids is 1. The van der Waals surface area contributed by atoms with E-state index in [0.29, 0.717) is 5.56 Å². The number of ether oxygens (including phenoxy) is 1. The normalized spacial score (nSPS) is 16.5. The minimum absolute atomic E-state index is 0.0272. The van der Waals surface area contributed by atoms with Gasteiger partial charge in [0, 0.05) is 34.2 Å². The molecule has 5 nitrogen and oxygen atoms in total. The van der Waals surface area contributed by atoms with Gasteiger partial charge in [-0.2, -0.15) is 0 Å². The van der Waals surface area contributed by atoms with Crippen LogP contribution in [0.3, 0.4) is 0 Å². The predicted molar refractivity (Wildman–Crippen MR) is 158 cm³/mol. The van der Waals surface area contributed by atoms with E-state index in [1.165, 1.54) is 38.9 Å². The SMILES string of the molecule is Cc1c(C)n(Cc2ccc(-c3ccccc3C(=O)O)cc2)c2ccc(C3OC3NCc3ccc(Br)cc3)cc12. The van der Waals surface area contributed by atoms with Crippen molar-refractivity contribution in [1.82, 2.24) is 9.88 Å². The number of rotatable bonds is 8. The van der Waals surface area contributed by atoms with Crippen molar-refractivity contribution in [2.45, 2.75) is 39.3 Å². The molecular weight excluding hydrogens is 552 g/mol. The molecule has 6 heteroatoms. The van der Waals surface area contributed by atoms with E-state index in [1.54, 1.807) is 12.1 Å². The molecule has 4 aromatic carbocycles. The van der Waals surface area contributed by atoms with Crippen molar-refractivity contribution < 1.29 is 14.6 Å². The van der Waals surface area contributed by atoms with Crippen molar-refractivity contribution in [3.8, 4) is 11.1 Å². The van der Waals surface area contributed by atoms with Gasteiger partial charge in [-0.15, -0.1) is 0 Å². The smallest absolute Gasteiger partial charge is 0.336 e. The number of fused-ring (bicyclic) bond motifs is 1. The van der Waals surface area contributed by atoms with Crippen LogP contribution in [0.25, 0.3) is 22.0 Å². The maximum Gasteiger partial charge on any atom is 0.336 e. The van der Waals surface area contributed by atoms with Crippen LogP contribution in [-0.4, -0.2) is 21.9 Å². The van der Waals surface area contributed by atoms with Gasteiger partial charge in [0.05, 0.1) is 5.56 Å². The fraction of sp³-hybridized carbons (Fsp3) is 0.182. The standard InChI is InChI=1S/C33H29BrN2O3/c1-20-21(2)36(19-23-7-11-24(12-8-23)27-5-3-4-6-28(27)33(37)38)30-16-13-25(17-29(20)30)31-32(39-31)35-18-22-9-14-26(34)15-10-22/h3-17,31-32,35H,18-19H2,1-2H3,(H,37,38). The number of nitrogens with one attached hydrogen (secondary N) is 1. The quantitative estimate of drug-likeness (QED) is 0.185. The van der Waals surface area contributed by atoms with Gasteiger partial charge in [0.15, 0.2) is 0 Å². The van der Waals surface area contributed by atoms with E-state index in [2.05, 4.69) is 94.3 Å². The van der Waals surface area contributed by atoms with Crippen LogP contribution in [0.5, 0.6) is 0 Å². The molecule has 1 aliphatic rings. The first kappa shape index (κ1) is 25.6. The first-order valence-corrected chi connectivity index (χ1v) is 13.8. The summed E-state index contributed by atoms with van der Waals surface area (Å²) >= 11 is 3.48. The Morgan fingerprint density at radius 2 is 1.67 bits per heavy atom. The molecule has 0 aliphatic carbocycles. The van der Waals surface area contributed by atoms with Crippen molar-refractivity contribution in [3.63, 3.8) is 0 Å². The van der Waals surface area contributed by atoms with E-state index < -0.39 is 5.97 Å². The van der Waals surface area contributed by atoms with Crippen LogP contribution < -0.4 is 5.32 Å². The Labute approximate surface area is 236 Å². The molecule has 1 fully saturated rings. The molecule has 196 valence electrons. The molecule has 2 N–H and O–H groups in total. The van der Waals surface area contributed by atoms with Gasteiger partial charge in [0.2, 0.25) is 0 Å². The van der Waals surface area contributed by atoms with Gasteiger partial charge in [-0.1, -0.05) is 76.6 Å². The second kappa shape index (κ2) is 10.5. The fourth-order valence-electron chi connectivity index (χ4n) is 5.28. The third-order valence-electron chi connectivity index (χ3n) is 7.67. The molecule has 1 aromatic heterocycles. The van der Waals surface area contributed by atoms with Crippen molar-refractivity contribution in [1.29, 1.82) is 0 Å². The van der Waals surface area contributed by atoms with E-state index in [-0.39, 0.29) is 12.3 Å². The lowest BCUT2D eigenvalue weighted by molar-refractivity contribution is 0.0697. The number of halogens is 1. The van der Waals surface area contributed by atoms with E-state index >= 15 is 0 Å². The molecule has 0 radical (unpaired) electrons. The number of carboxylic acids is 1. The number of nitrogens with zero attached hydrogens (tertiary/aromatic N) is 1. The fourth-order valence-corrected chi connectivity index (χ4v) is 5.55. The van der Waals surface area contributed by atoms with Crippen LogP contribution in [0.2, 0.25) is 0 Å². The molecule has 0 amide bonds. The Morgan fingerprint density at radius 3 is 2.41 bits per heavy atom. The summed E-state index contributed by atoms with van der Waals surface area (Å²) in [5.41, 5.74) is 9.25. The largest absolute Gasteiger partial charge is 0.478 e. The summed E-state index contributed by atoms with van der Waals surface area (Å²) in [4.78, 5) is 11.6.